The Morgan fingerprint density at radius 1 is 0.524 bits per heavy atom. The topological polar surface area (TPSA) is 18.5 Å². The third-order valence-electron chi connectivity index (χ3n) is 10.7. The van der Waals surface area contributed by atoms with Crippen LogP contribution in [-0.2, 0) is 9.31 Å². The summed E-state index contributed by atoms with van der Waals surface area (Å²) >= 11 is 0. The van der Waals surface area contributed by atoms with Gasteiger partial charge >= 0.3 is 7.12 Å². The summed E-state index contributed by atoms with van der Waals surface area (Å²) in [6, 6.07) is 22.2. The molecule has 1 saturated heterocycles. The average molecular weight is 539 g/mol. The van der Waals surface area contributed by atoms with Gasteiger partial charge in [-0.15, -0.1) is 10.9 Å². The lowest BCUT2D eigenvalue weighted by atomic mass is 9.58. The van der Waals surface area contributed by atoms with Crippen LogP contribution in [-0.4, -0.2) is 73.2 Å². The van der Waals surface area contributed by atoms with E-state index >= 15 is 0 Å². The largest absolute Gasteiger partial charge is 0.495 e. The molecule has 0 aromatic heterocycles. The third kappa shape index (κ3) is 4.37. The number of rotatable bonds is 3. The molecule has 42 heavy (non-hydrogen) atoms. The molecule has 0 bridgehead atoms. The molecule has 0 saturated carbocycles. The minimum absolute atomic E-state index is 0.378. The van der Waals surface area contributed by atoms with Gasteiger partial charge in [0.05, 0.1) is 11.2 Å². The van der Waals surface area contributed by atoms with Gasteiger partial charge in [0.15, 0.2) is 0 Å². The molecule has 2 nitrogen and oxygen atoms in total. The summed E-state index contributed by atoms with van der Waals surface area (Å²) in [6.07, 6.45) is 0. The van der Waals surface area contributed by atoms with Crippen molar-refractivity contribution >= 4 is 127 Å². The maximum absolute atomic E-state index is 6.43. The zero-order valence-electron chi connectivity index (χ0n) is 27.2. The van der Waals surface area contributed by atoms with Gasteiger partial charge in [-0.3, -0.25) is 0 Å². The minimum atomic E-state index is -0.397. The first-order chi connectivity index (χ1) is 19.7. The average Bonchev–Trinajstić information content (AvgIpc) is 3.18. The van der Waals surface area contributed by atoms with E-state index < -0.39 is 7.12 Å². The van der Waals surface area contributed by atoms with Gasteiger partial charge in [0.1, 0.15) is 54.9 Å². The van der Waals surface area contributed by atoms with Crippen molar-refractivity contribution in [3.8, 4) is 22.3 Å². The van der Waals surface area contributed by atoms with Crippen LogP contribution in [0.5, 0.6) is 0 Å². The van der Waals surface area contributed by atoms with E-state index in [0.717, 1.165) is 11.0 Å². The Bertz CT molecular complexity index is 1920. The SMILES string of the molecule is Bc1c(B)c(B)c2c(B)c(-c3ccc4cc(-c5ccccc5B5OC(C)(C)C(C)(C)O5)ccc4c3)c(B)c(B)c2c1B. The van der Waals surface area contributed by atoms with Gasteiger partial charge in [-0.05, 0) is 89.1 Å². The van der Waals surface area contributed by atoms with E-state index in [2.05, 4.69) is 143 Å². The van der Waals surface area contributed by atoms with Crippen LogP contribution < -0.4 is 43.7 Å². The summed E-state index contributed by atoms with van der Waals surface area (Å²) in [5.41, 5.74) is 15.1. The fraction of sp³-hybridized carbons (Fsp3) is 0.188. The molecule has 0 amide bonds. The van der Waals surface area contributed by atoms with E-state index in [-0.39, 0.29) is 11.2 Å². The van der Waals surface area contributed by atoms with Crippen LogP contribution in [0.3, 0.4) is 0 Å². The lowest BCUT2D eigenvalue weighted by Gasteiger charge is -2.32. The molecular formula is C32H36B8O2. The van der Waals surface area contributed by atoms with Crippen molar-refractivity contribution in [1.82, 2.24) is 0 Å². The van der Waals surface area contributed by atoms with Crippen molar-refractivity contribution in [2.75, 3.05) is 0 Å². The van der Waals surface area contributed by atoms with Crippen molar-refractivity contribution in [2.45, 2.75) is 38.9 Å². The first-order valence-electron chi connectivity index (χ1n) is 15.2. The van der Waals surface area contributed by atoms with Crippen molar-refractivity contribution < 1.29 is 9.31 Å². The van der Waals surface area contributed by atoms with Crippen LogP contribution in [0.15, 0.2) is 60.7 Å². The monoisotopic (exact) mass is 540 g/mol. The number of fused-ring (bicyclic) bond motifs is 2. The molecule has 6 rings (SSSR count). The van der Waals surface area contributed by atoms with Gasteiger partial charge in [0, 0.05) is 0 Å². The molecule has 1 fully saturated rings. The first-order valence-corrected chi connectivity index (χ1v) is 15.2. The van der Waals surface area contributed by atoms with E-state index in [4.69, 9.17) is 9.31 Å². The van der Waals surface area contributed by atoms with Gasteiger partial charge in [-0.2, -0.15) is 0 Å². The van der Waals surface area contributed by atoms with Crippen molar-refractivity contribution in [1.29, 1.82) is 0 Å². The predicted molar refractivity (Wildman–Crippen MR) is 205 cm³/mol. The Balaban J connectivity index is 1.46. The molecule has 1 heterocycles. The maximum Gasteiger partial charge on any atom is 0.495 e. The van der Waals surface area contributed by atoms with Crippen molar-refractivity contribution in [3.63, 3.8) is 0 Å². The Morgan fingerprint density at radius 3 is 1.60 bits per heavy atom. The van der Waals surface area contributed by atoms with Gasteiger partial charge < -0.3 is 9.31 Å². The zero-order valence-corrected chi connectivity index (χ0v) is 27.2. The fourth-order valence-electron chi connectivity index (χ4n) is 6.97. The fourth-order valence-corrected chi connectivity index (χ4v) is 6.97. The van der Waals surface area contributed by atoms with E-state index in [1.807, 2.05) is 0 Å². The van der Waals surface area contributed by atoms with Crippen LogP contribution in [0, 0.1) is 0 Å². The zero-order chi connectivity index (χ0) is 30.3. The van der Waals surface area contributed by atoms with Crippen LogP contribution in [0.2, 0.25) is 0 Å². The van der Waals surface area contributed by atoms with Gasteiger partial charge in [0.25, 0.3) is 0 Å². The molecule has 0 unspecified atom stereocenters. The Morgan fingerprint density at radius 2 is 1.00 bits per heavy atom. The molecule has 10 heteroatoms. The predicted octanol–water partition coefficient (Wildman–Crippen LogP) is -4.56. The quantitative estimate of drug-likeness (QED) is 0.215. The molecule has 1 aliphatic rings. The standard InChI is InChI=1S/C32H36B8O2/c1-31(2)32(3,4)42-40(41-31)20-8-6-5-7-19(20)17-11-9-16-14-18(12-10-15(16)13-17)21-24(33)22-23(26(35)25(21)34)28(37)30(39)29(38)27(22)36/h5-14H,33-39H2,1-4H3. The van der Waals surface area contributed by atoms with Gasteiger partial charge in [-0.25, -0.2) is 0 Å². The maximum atomic E-state index is 6.43. The lowest BCUT2D eigenvalue weighted by Crippen LogP contribution is -2.52. The summed E-state index contributed by atoms with van der Waals surface area (Å²) in [4.78, 5) is 0. The second-order valence-corrected chi connectivity index (χ2v) is 13.5. The van der Waals surface area contributed by atoms with Crippen molar-refractivity contribution in [2.24, 2.45) is 0 Å². The smallest absolute Gasteiger partial charge is 0.399 e. The van der Waals surface area contributed by atoms with E-state index in [1.165, 1.54) is 76.5 Å². The normalized spacial score (nSPS) is 16.0. The van der Waals surface area contributed by atoms with E-state index in [0.29, 0.717) is 0 Å². The number of benzene rings is 5. The van der Waals surface area contributed by atoms with E-state index in [9.17, 15) is 0 Å². The molecule has 1 aliphatic heterocycles. The van der Waals surface area contributed by atoms with Crippen LogP contribution >= 0.6 is 0 Å². The molecule has 0 N–H and O–H groups in total. The summed E-state index contributed by atoms with van der Waals surface area (Å²) in [6.45, 7) is 8.42. The van der Waals surface area contributed by atoms with Crippen LogP contribution in [0.25, 0.3) is 43.8 Å². The highest BCUT2D eigenvalue weighted by Gasteiger charge is 2.52. The molecule has 5 aromatic rings. The molecule has 0 radical (unpaired) electrons. The Labute approximate surface area is 257 Å². The summed E-state index contributed by atoms with van der Waals surface area (Å²) in [5, 5.41) is 5.32. The second-order valence-electron chi connectivity index (χ2n) is 13.5. The highest BCUT2D eigenvalue weighted by atomic mass is 16.7. The molecule has 0 aliphatic carbocycles. The molecule has 200 valence electrons. The number of hydrogen-bond acceptors (Lipinski definition) is 2. The Hall–Kier alpha value is -2.94. The summed E-state index contributed by atoms with van der Waals surface area (Å²) in [7, 11) is 15.6. The summed E-state index contributed by atoms with van der Waals surface area (Å²) in [5.74, 6) is 0. The van der Waals surface area contributed by atoms with Crippen molar-refractivity contribution in [3.05, 3.63) is 60.7 Å². The number of hydrogen-bond donors (Lipinski definition) is 0. The van der Waals surface area contributed by atoms with E-state index in [1.54, 1.807) is 0 Å². The highest BCUT2D eigenvalue weighted by Crippen LogP contribution is 2.37. The van der Waals surface area contributed by atoms with Gasteiger partial charge in [-0.1, -0.05) is 75.8 Å². The highest BCUT2D eigenvalue weighted by molar-refractivity contribution is 6.72. The lowest BCUT2D eigenvalue weighted by molar-refractivity contribution is 0.00578. The van der Waals surface area contributed by atoms with Gasteiger partial charge in [0.2, 0.25) is 0 Å². The molecule has 0 atom stereocenters. The second kappa shape index (κ2) is 10.1. The van der Waals surface area contributed by atoms with Crippen LogP contribution in [0.1, 0.15) is 27.7 Å². The molecule has 0 spiro atoms. The molecular weight excluding hydrogens is 503 g/mol. The minimum Gasteiger partial charge on any atom is -0.399 e. The van der Waals surface area contributed by atoms with Crippen LogP contribution in [0.4, 0.5) is 0 Å². The molecule has 5 aromatic carbocycles. The Kier molecular flexibility index (Phi) is 6.99. The first kappa shape index (κ1) is 29.1. The summed E-state index contributed by atoms with van der Waals surface area (Å²) < 4.78 is 12.9. The third-order valence-corrected chi connectivity index (χ3v) is 10.7.